The Bertz CT molecular complexity index is 226. The van der Waals surface area contributed by atoms with Gasteiger partial charge in [0.1, 0.15) is 0 Å². The van der Waals surface area contributed by atoms with E-state index < -0.39 is 29.9 Å². The summed E-state index contributed by atoms with van der Waals surface area (Å²) in [4.78, 5) is 22.6. The molecule has 86 valence electrons. The van der Waals surface area contributed by atoms with Gasteiger partial charge in [-0.25, -0.2) is 0 Å². The van der Waals surface area contributed by atoms with E-state index in [9.17, 15) is 14.7 Å². The molecule has 15 heavy (non-hydrogen) atoms. The van der Waals surface area contributed by atoms with E-state index in [0.717, 1.165) is 6.42 Å². The maximum atomic E-state index is 11.3. The summed E-state index contributed by atoms with van der Waals surface area (Å²) in [5.41, 5.74) is 0. The van der Waals surface area contributed by atoms with Crippen LogP contribution in [0.5, 0.6) is 0 Å². The third-order valence-corrected chi connectivity index (χ3v) is 2.86. The van der Waals surface area contributed by atoms with Gasteiger partial charge < -0.3 is 14.6 Å². The first-order valence-electron chi connectivity index (χ1n) is 4.95. The summed E-state index contributed by atoms with van der Waals surface area (Å²) < 4.78 is 9.14. The SMILES string of the molecule is COC(=O)[C@H]1CCC[C@@H](C(=O)OC)C1O. The summed E-state index contributed by atoms with van der Waals surface area (Å²) in [5, 5.41) is 9.83. The van der Waals surface area contributed by atoms with E-state index in [1.54, 1.807) is 0 Å². The number of aliphatic hydroxyl groups is 1. The second-order valence-corrected chi connectivity index (χ2v) is 3.68. The lowest BCUT2D eigenvalue weighted by molar-refractivity contribution is -0.161. The molecule has 1 N–H and O–H groups in total. The van der Waals surface area contributed by atoms with Crippen molar-refractivity contribution in [3.05, 3.63) is 0 Å². The Hall–Kier alpha value is -1.10. The number of ether oxygens (including phenoxy) is 2. The van der Waals surface area contributed by atoms with Gasteiger partial charge in [0.2, 0.25) is 0 Å². The van der Waals surface area contributed by atoms with Crippen molar-refractivity contribution >= 4 is 11.9 Å². The van der Waals surface area contributed by atoms with Crippen LogP contribution in [0.1, 0.15) is 19.3 Å². The third-order valence-electron chi connectivity index (χ3n) is 2.86. The molecule has 0 aromatic heterocycles. The molecule has 0 aromatic carbocycles. The van der Waals surface area contributed by atoms with E-state index in [1.807, 2.05) is 0 Å². The summed E-state index contributed by atoms with van der Waals surface area (Å²) >= 11 is 0. The average Bonchev–Trinajstić information content (AvgIpc) is 2.27. The molecule has 1 rings (SSSR count). The average molecular weight is 216 g/mol. The molecule has 5 heteroatoms. The standard InChI is InChI=1S/C10H16O5/c1-14-9(12)6-4-3-5-7(8(6)11)10(13)15-2/h6-8,11H,3-5H2,1-2H3/t6-,7+,8?. The van der Waals surface area contributed by atoms with Crippen molar-refractivity contribution < 1.29 is 24.2 Å². The molecular weight excluding hydrogens is 200 g/mol. The lowest BCUT2D eigenvalue weighted by atomic mass is 9.79. The summed E-state index contributed by atoms with van der Waals surface area (Å²) in [7, 11) is 2.55. The summed E-state index contributed by atoms with van der Waals surface area (Å²) in [6.07, 6.45) is 0.845. The van der Waals surface area contributed by atoms with Gasteiger partial charge in [0.25, 0.3) is 0 Å². The molecule has 5 nitrogen and oxygen atoms in total. The highest BCUT2D eigenvalue weighted by atomic mass is 16.5. The molecule has 1 aliphatic rings. The molecule has 1 saturated carbocycles. The first-order valence-corrected chi connectivity index (χ1v) is 4.95. The molecule has 0 saturated heterocycles. The van der Waals surface area contributed by atoms with Crippen molar-refractivity contribution in [3.8, 4) is 0 Å². The summed E-state index contributed by atoms with van der Waals surface area (Å²) in [6, 6.07) is 0. The van der Waals surface area contributed by atoms with Crippen LogP contribution >= 0.6 is 0 Å². The Balaban J connectivity index is 2.70. The van der Waals surface area contributed by atoms with Gasteiger partial charge in [-0.15, -0.1) is 0 Å². The van der Waals surface area contributed by atoms with Crippen LogP contribution in [0.3, 0.4) is 0 Å². The van der Waals surface area contributed by atoms with Crippen LogP contribution in [0.4, 0.5) is 0 Å². The molecule has 0 aliphatic heterocycles. The molecule has 1 unspecified atom stereocenters. The highest BCUT2D eigenvalue weighted by Gasteiger charge is 2.40. The van der Waals surface area contributed by atoms with Gasteiger partial charge in [-0.1, -0.05) is 6.42 Å². The number of hydrogen-bond donors (Lipinski definition) is 1. The van der Waals surface area contributed by atoms with E-state index in [4.69, 9.17) is 0 Å². The Morgan fingerprint density at radius 1 is 1.07 bits per heavy atom. The van der Waals surface area contributed by atoms with Crippen LogP contribution < -0.4 is 0 Å². The minimum atomic E-state index is -0.987. The van der Waals surface area contributed by atoms with Gasteiger partial charge in [-0.2, -0.15) is 0 Å². The highest BCUT2D eigenvalue weighted by Crippen LogP contribution is 2.31. The van der Waals surface area contributed by atoms with Crippen LogP contribution in [-0.2, 0) is 19.1 Å². The van der Waals surface area contributed by atoms with Crippen molar-refractivity contribution in [1.29, 1.82) is 0 Å². The van der Waals surface area contributed by atoms with Gasteiger partial charge in [0, 0.05) is 0 Å². The van der Waals surface area contributed by atoms with Crippen molar-refractivity contribution in [2.75, 3.05) is 14.2 Å². The lowest BCUT2D eigenvalue weighted by Gasteiger charge is -2.31. The van der Waals surface area contributed by atoms with Crippen molar-refractivity contribution in [2.24, 2.45) is 11.8 Å². The fraction of sp³-hybridized carbons (Fsp3) is 0.800. The predicted molar refractivity (Wildman–Crippen MR) is 50.9 cm³/mol. The fourth-order valence-corrected chi connectivity index (χ4v) is 2.00. The number of esters is 2. The Kier molecular flexibility index (Phi) is 4.08. The maximum Gasteiger partial charge on any atom is 0.311 e. The minimum absolute atomic E-state index is 0.462. The maximum absolute atomic E-state index is 11.3. The van der Waals surface area contributed by atoms with Crippen LogP contribution in [0, 0.1) is 11.8 Å². The van der Waals surface area contributed by atoms with Gasteiger partial charge in [0.15, 0.2) is 0 Å². The van der Waals surface area contributed by atoms with Gasteiger partial charge in [-0.05, 0) is 12.8 Å². The topological polar surface area (TPSA) is 72.8 Å². The minimum Gasteiger partial charge on any atom is -0.469 e. The number of methoxy groups -OCH3 is 2. The molecule has 0 spiro atoms. The van der Waals surface area contributed by atoms with E-state index in [1.165, 1.54) is 14.2 Å². The van der Waals surface area contributed by atoms with Crippen LogP contribution in [-0.4, -0.2) is 37.4 Å². The quantitative estimate of drug-likeness (QED) is 0.663. The molecule has 0 heterocycles. The zero-order chi connectivity index (χ0) is 11.4. The van der Waals surface area contributed by atoms with E-state index in [2.05, 4.69) is 9.47 Å². The third kappa shape index (κ3) is 2.47. The van der Waals surface area contributed by atoms with Crippen LogP contribution in [0.15, 0.2) is 0 Å². The molecule has 0 bridgehead atoms. The second kappa shape index (κ2) is 5.11. The van der Waals surface area contributed by atoms with E-state index in [-0.39, 0.29) is 0 Å². The molecule has 1 aliphatic carbocycles. The van der Waals surface area contributed by atoms with Crippen molar-refractivity contribution in [3.63, 3.8) is 0 Å². The van der Waals surface area contributed by atoms with Crippen molar-refractivity contribution in [2.45, 2.75) is 25.4 Å². The number of rotatable bonds is 2. The molecule has 0 amide bonds. The van der Waals surface area contributed by atoms with Crippen LogP contribution in [0.25, 0.3) is 0 Å². The monoisotopic (exact) mass is 216 g/mol. The number of carbonyl (C=O) groups excluding carboxylic acids is 2. The zero-order valence-electron chi connectivity index (χ0n) is 8.93. The highest BCUT2D eigenvalue weighted by molar-refractivity contribution is 5.77. The summed E-state index contributed by atoms with van der Waals surface area (Å²) in [5.74, 6) is -2.13. The normalized spacial score (nSPS) is 30.7. The van der Waals surface area contributed by atoms with Gasteiger partial charge in [0.05, 0.1) is 32.2 Å². The molecule has 0 aromatic rings. The number of aliphatic hydroxyl groups excluding tert-OH is 1. The fourth-order valence-electron chi connectivity index (χ4n) is 2.00. The summed E-state index contributed by atoms with van der Waals surface area (Å²) in [6.45, 7) is 0. The largest absolute Gasteiger partial charge is 0.469 e. The Morgan fingerprint density at radius 2 is 1.47 bits per heavy atom. The number of hydrogen-bond acceptors (Lipinski definition) is 5. The first kappa shape index (κ1) is 12.0. The first-order chi connectivity index (χ1) is 7.11. The lowest BCUT2D eigenvalue weighted by Crippen LogP contribution is -2.42. The molecule has 0 radical (unpaired) electrons. The molecule has 3 atom stereocenters. The van der Waals surface area contributed by atoms with Gasteiger partial charge >= 0.3 is 11.9 Å². The molecule has 1 fully saturated rings. The predicted octanol–water partition coefficient (Wildman–Crippen LogP) is 0.110. The molecular formula is C10H16O5. The Labute approximate surface area is 88.4 Å². The van der Waals surface area contributed by atoms with E-state index in [0.29, 0.717) is 12.8 Å². The van der Waals surface area contributed by atoms with Gasteiger partial charge in [-0.3, -0.25) is 9.59 Å². The van der Waals surface area contributed by atoms with Crippen molar-refractivity contribution in [1.82, 2.24) is 0 Å². The Morgan fingerprint density at radius 3 is 1.80 bits per heavy atom. The second-order valence-electron chi connectivity index (χ2n) is 3.68. The zero-order valence-corrected chi connectivity index (χ0v) is 8.93. The smallest absolute Gasteiger partial charge is 0.311 e. The van der Waals surface area contributed by atoms with Crippen LogP contribution in [0.2, 0.25) is 0 Å². The number of carbonyl (C=O) groups is 2. The van der Waals surface area contributed by atoms with E-state index >= 15 is 0 Å².